The zero-order valence-corrected chi connectivity index (χ0v) is 13.4. The van der Waals surface area contributed by atoms with Crippen molar-refractivity contribution >= 4 is 0 Å². The Morgan fingerprint density at radius 3 is 2.50 bits per heavy atom. The number of rotatable bonds is 0. The molecule has 4 saturated carbocycles. The summed E-state index contributed by atoms with van der Waals surface area (Å²) < 4.78 is 0. The second-order valence-electron chi connectivity index (χ2n) is 9.12. The molecule has 4 rings (SSSR count). The third-order valence-corrected chi connectivity index (χ3v) is 8.38. The van der Waals surface area contributed by atoms with Crippen molar-refractivity contribution in [2.75, 3.05) is 0 Å². The molecule has 20 heavy (non-hydrogen) atoms. The van der Waals surface area contributed by atoms with Crippen molar-refractivity contribution in [2.24, 2.45) is 34.5 Å². The van der Waals surface area contributed by atoms with E-state index in [-0.39, 0.29) is 6.10 Å². The van der Waals surface area contributed by atoms with Gasteiger partial charge in [0.25, 0.3) is 0 Å². The quantitative estimate of drug-likeness (QED) is 0.675. The van der Waals surface area contributed by atoms with Gasteiger partial charge in [0.15, 0.2) is 0 Å². The van der Waals surface area contributed by atoms with Gasteiger partial charge in [0.05, 0.1) is 6.10 Å². The summed E-state index contributed by atoms with van der Waals surface area (Å²) in [6.45, 7) is 5.11. The summed E-state index contributed by atoms with van der Waals surface area (Å²) >= 11 is 0. The molecule has 0 saturated heterocycles. The molecule has 4 fully saturated rings. The fraction of sp³-hybridized carbons (Fsp3) is 1.00. The smallest absolute Gasteiger partial charge is 0.0576 e. The molecule has 0 aromatic heterocycles. The Bertz CT molecular complexity index is 391. The van der Waals surface area contributed by atoms with E-state index >= 15 is 0 Å². The molecule has 1 N–H and O–H groups in total. The van der Waals surface area contributed by atoms with Crippen molar-refractivity contribution in [1.29, 1.82) is 0 Å². The van der Waals surface area contributed by atoms with Crippen LogP contribution in [0.3, 0.4) is 0 Å². The lowest BCUT2D eigenvalue weighted by Crippen LogP contribution is -2.53. The van der Waals surface area contributed by atoms with Crippen LogP contribution in [-0.2, 0) is 0 Å². The van der Waals surface area contributed by atoms with Crippen molar-refractivity contribution in [3.8, 4) is 0 Å². The standard InChI is InChI=1S/C19H32O/c1-18-11-8-15-14(17(18)16(20)9-12-18)7-6-13-5-3-4-10-19(13,15)2/h13-17,20H,3-12H2,1-2H3/t13-,14+,15-,16+,17+,18-,19+/m1/s1. The van der Waals surface area contributed by atoms with Gasteiger partial charge in [-0.2, -0.15) is 0 Å². The molecule has 7 atom stereocenters. The van der Waals surface area contributed by atoms with E-state index < -0.39 is 0 Å². The average Bonchev–Trinajstić information content (AvgIpc) is 2.74. The first-order valence-electron chi connectivity index (χ1n) is 9.23. The molecule has 0 aromatic carbocycles. The summed E-state index contributed by atoms with van der Waals surface area (Å²) in [5.74, 6) is 3.39. The lowest BCUT2D eigenvalue weighted by molar-refractivity contribution is -0.122. The normalized spacial score (nSPS) is 58.6. The van der Waals surface area contributed by atoms with Crippen molar-refractivity contribution in [1.82, 2.24) is 0 Å². The van der Waals surface area contributed by atoms with Crippen LogP contribution in [0.4, 0.5) is 0 Å². The number of aliphatic hydroxyl groups is 1. The van der Waals surface area contributed by atoms with Gasteiger partial charge in [-0.1, -0.05) is 26.7 Å². The SMILES string of the molecule is C[C@]12CC[C@@H]3[C@H](CC[C@H]4CCCC[C@@]43C)[C@H]1[C@@H](O)CC2. The maximum absolute atomic E-state index is 10.6. The van der Waals surface area contributed by atoms with Crippen molar-refractivity contribution in [3.05, 3.63) is 0 Å². The van der Waals surface area contributed by atoms with E-state index in [4.69, 9.17) is 0 Å². The van der Waals surface area contributed by atoms with Gasteiger partial charge in [-0.05, 0) is 85.9 Å². The monoisotopic (exact) mass is 276 g/mol. The minimum Gasteiger partial charge on any atom is -0.393 e. The Hall–Kier alpha value is -0.0400. The fourth-order valence-corrected chi connectivity index (χ4v) is 7.32. The second-order valence-corrected chi connectivity index (χ2v) is 9.12. The molecule has 1 heteroatoms. The third kappa shape index (κ3) is 1.71. The molecule has 0 radical (unpaired) electrons. The highest BCUT2D eigenvalue weighted by molar-refractivity contribution is 5.08. The summed E-state index contributed by atoms with van der Waals surface area (Å²) in [5, 5.41) is 10.6. The molecule has 1 nitrogen and oxygen atoms in total. The Balaban J connectivity index is 1.66. The molecule has 0 amide bonds. The van der Waals surface area contributed by atoms with Gasteiger partial charge in [-0.25, -0.2) is 0 Å². The van der Waals surface area contributed by atoms with Crippen LogP contribution in [0.15, 0.2) is 0 Å². The summed E-state index contributed by atoms with van der Waals surface area (Å²) in [6.07, 6.45) is 14.0. The molecule has 114 valence electrons. The molecule has 0 unspecified atom stereocenters. The molecule has 0 aromatic rings. The lowest BCUT2D eigenvalue weighted by Gasteiger charge is -2.60. The van der Waals surface area contributed by atoms with E-state index in [1.54, 1.807) is 0 Å². The van der Waals surface area contributed by atoms with E-state index in [1.807, 2.05) is 0 Å². The van der Waals surface area contributed by atoms with Gasteiger partial charge in [0.1, 0.15) is 0 Å². The van der Waals surface area contributed by atoms with E-state index in [0.717, 1.165) is 24.2 Å². The van der Waals surface area contributed by atoms with Crippen molar-refractivity contribution in [3.63, 3.8) is 0 Å². The van der Waals surface area contributed by atoms with Crippen LogP contribution >= 0.6 is 0 Å². The zero-order chi connectivity index (χ0) is 14.0. The van der Waals surface area contributed by atoms with Gasteiger partial charge in [0.2, 0.25) is 0 Å². The summed E-state index contributed by atoms with van der Waals surface area (Å²) in [4.78, 5) is 0. The Kier molecular flexibility index (Phi) is 3.05. The minimum atomic E-state index is 0.0107. The van der Waals surface area contributed by atoms with Crippen LogP contribution in [-0.4, -0.2) is 11.2 Å². The van der Waals surface area contributed by atoms with Crippen molar-refractivity contribution < 1.29 is 5.11 Å². The predicted octanol–water partition coefficient (Wildman–Crippen LogP) is 4.78. The summed E-state index contributed by atoms with van der Waals surface area (Å²) in [5.41, 5.74) is 1.09. The van der Waals surface area contributed by atoms with Gasteiger partial charge in [-0.3, -0.25) is 0 Å². The summed E-state index contributed by atoms with van der Waals surface area (Å²) in [7, 11) is 0. The number of hydrogen-bond donors (Lipinski definition) is 1. The van der Waals surface area contributed by atoms with Crippen LogP contribution in [0.2, 0.25) is 0 Å². The van der Waals surface area contributed by atoms with Crippen LogP contribution in [0.5, 0.6) is 0 Å². The largest absolute Gasteiger partial charge is 0.393 e. The maximum Gasteiger partial charge on any atom is 0.0576 e. The van der Waals surface area contributed by atoms with E-state index in [9.17, 15) is 5.11 Å². The lowest BCUT2D eigenvalue weighted by atomic mass is 9.45. The summed E-state index contributed by atoms with van der Waals surface area (Å²) in [6, 6.07) is 0. The topological polar surface area (TPSA) is 20.2 Å². The Labute approximate surface area is 124 Å². The molecule has 0 spiro atoms. The number of hydrogen-bond acceptors (Lipinski definition) is 1. The van der Waals surface area contributed by atoms with Gasteiger partial charge in [-0.15, -0.1) is 0 Å². The molecular weight excluding hydrogens is 244 g/mol. The molecule has 0 aliphatic heterocycles. The first-order chi connectivity index (χ1) is 9.55. The van der Waals surface area contributed by atoms with Crippen molar-refractivity contribution in [2.45, 2.75) is 84.2 Å². The third-order valence-electron chi connectivity index (χ3n) is 8.38. The van der Waals surface area contributed by atoms with Crippen LogP contribution in [0.25, 0.3) is 0 Å². The molecule has 0 heterocycles. The Morgan fingerprint density at radius 1 is 0.850 bits per heavy atom. The first-order valence-corrected chi connectivity index (χ1v) is 9.23. The molecule has 0 bridgehead atoms. The second kappa shape index (κ2) is 4.48. The highest BCUT2D eigenvalue weighted by Crippen LogP contribution is 2.66. The Morgan fingerprint density at radius 2 is 1.65 bits per heavy atom. The molecule has 4 aliphatic rings. The van der Waals surface area contributed by atoms with Crippen LogP contribution < -0.4 is 0 Å². The van der Waals surface area contributed by atoms with Gasteiger partial charge < -0.3 is 5.11 Å². The maximum atomic E-state index is 10.6. The highest BCUT2D eigenvalue weighted by atomic mass is 16.3. The van der Waals surface area contributed by atoms with E-state index in [0.29, 0.717) is 16.7 Å². The van der Waals surface area contributed by atoms with Crippen LogP contribution in [0, 0.1) is 34.5 Å². The highest BCUT2D eigenvalue weighted by Gasteiger charge is 2.59. The minimum absolute atomic E-state index is 0.0107. The average molecular weight is 276 g/mol. The number of aliphatic hydroxyl groups excluding tert-OH is 1. The molecular formula is C19H32O. The van der Waals surface area contributed by atoms with Gasteiger partial charge >= 0.3 is 0 Å². The fourth-order valence-electron chi connectivity index (χ4n) is 7.32. The first kappa shape index (κ1) is 13.6. The zero-order valence-electron chi connectivity index (χ0n) is 13.4. The van der Waals surface area contributed by atoms with Gasteiger partial charge in [0, 0.05) is 0 Å². The van der Waals surface area contributed by atoms with Crippen LogP contribution in [0.1, 0.15) is 78.1 Å². The molecule has 4 aliphatic carbocycles. The number of fused-ring (bicyclic) bond motifs is 5. The van der Waals surface area contributed by atoms with E-state index in [1.165, 1.54) is 57.8 Å². The van der Waals surface area contributed by atoms with E-state index in [2.05, 4.69) is 13.8 Å². The predicted molar refractivity (Wildman–Crippen MR) is 82.4 cm³/mol.